The Bertz CT molecular complexity index is 200. The third kappa shape index (κ3) is 1.12. The van der Waals surface area contributed by atoms with Gasteiger partial charge in [0.15, 0.2) is 0 Å². The van der Waals surface area contributed by atoms with Crippen LogP contribution in [0.1, 0.15) is 26.2 Å². The first-order valence-electron chi connectivity index (χ1n) is 4.54. The van der Waals surface area contributed by atoms with E-state index in [2.05, 4.69) is 0 Å². The molecule has 2 aliphatic carbocycles. The monoisotopic (exact) mass is 170 g/mol. The molecular weight excluding hydrogens is 156 g/mol. The van der Waals surface area contributed by atoms with Crippen molar-refractivity contribution >= 4 is 5.97 Å². The number of aliphatic hydroxyl groups excluding tert-OH is 1. The van der Waals surface area contributed by atoms with Crippen LogP contribution in [-0.4, -0.2) is 23.3 Å². The molecule has 0 aromatic rings. The number of carbonyl (C=O) groups excluding carboxylic acids is 1. The standard InChI is InChI=1S/C9H14O3/c1-5(10)12-9-7-3-2-6(4-7)8(9)11/h6-9,11H,2-4H2,1H3. The normalized spacial score (nSPS) is 44.8. The van der Waals surface area contributed by atoms with Gasteiger partial charge in [-0.1, -0.05) is 0 Å². The molecule has 2 aliphatic rings. The Morgan fingerprint density at radius 2 is 2.08 bits per heavy atom. The molecule has 68 valence electrons. The topological polar surface area (TPSA) is 46.5 Å². The van der Waals surface area contributed by atoms with Gasteiger partial charge in [0.1, 0.15) is 6.10 Å². The second-order valence-corrected chi connectivity index (χ2v) is 3.90. The van der Waals surface area contributed by atoms with E-state index in [1.807, 2.05) is 0 Å². The molecule has 0 aromatic heterocycles. The molecule has 0 saturated heterocycles. The van der Waals surface area contributed by atoms with Crippen LogP contribution in [-0.2, 0) is 9.53 Å². The van der Waals surface area contributed by atoms with E-state index in [9.17, 15) is 9.90 Å². The van der Waals surface area contributed by atoms with E-state index in [1.165, 1.54) is 6.92 Å². The second-order valence-electron chi connectivity index (χ2n) is 3.90. The van der Waals surface area contributed by atoms with Gasteiger partial charge in [0.2, 0.25) is 0 Å². The van der Waals surface area contributed by atoms with Gasteiger partial charge in [-0.15, -0.1) is 0 Å². The molecular formula is C9H14O3. The van der Waals surface area contributed by atoms with Crippen molar-refractivity contribution in [2.75, 3.05) is 0 Å². The van der Waals surface area contributed by atoms with Crippen molar-refractivity contribution in [3.8, 4) is 0 Å². The van der Waals surface area contributed by atoms with E-state index < -0.39 is 6.10 Å². The zero-order valence-corrected chi connectivity index (χ0v) is 7.19. The minimum atomic E-state index is -0.396. The average Bonchev–Trinajstić information content (AvgIpc) is 2.53. The zero-order chi connectivity index (χ0) is 8.72. The summed E-state index contributed by atoms with van der Waals surface area (Å²) in [5.74, 6) is 0.542. The molecule has 2 rings (SSSR count). The molecule has 2 bridgehead atoms. The van der Waals surface area contributed by atoms with E-state index in [1.54, 1.807) is 0 Å². The maximum Gasteiger partial charge on any atom is 0.303 e. The summed E-state index contributed by atoms with van der Waals surface area (Å²) < 4.78 is 5.07. The summed E-state index contributed by atoms with van der Waals surface area (Å²) in [4.78, 5) is 10.7. The molecule has 0 spiro atoms. The summed E-state index contributed by atoms with van der Waals surface area (Å²) in [6, 6.07) is 0. The number of rotatable bonds is 1. The summed E-state index contributed by atoms with van der Waals surface area (Å²) in [6.07, 6.45) is 2.65. The van der Waals surface area contributed by atoms with E-state index in [0.717, 1.165) is 19.3 Å². The molecule has 3 nitrogen and oxygen atoms in total. The van der Waals surface area contributed by atoms with E-state index in [4.69, 9.17) is 4.74 Å². The van der Waals surface area contributed by atoms with Gasteiger partial charge in [0, 0.05) is 6.92 Å². The molecule has 1 N–H and O–H groups in total. The summed E-state index contributed by atoms with van der Waals surface area (Å²) in [6.45, 7) is 1.40. The molecule has 2 fully saturated rings. The minimum absolute atomic E-state index is 0.207. The highest BCUT2D eigenvalue weighted by Gasteiger charge is 2.48. The van der Waals surface area contributed by atoms with Crippen LogP contribution in [0.4, 0.5) is 0 Å². The molecule has 0 heterocycles. The molecule has 0 amide bonds. The highest BCUT2D eigenvalue weighted by molar-refractivity contribution is 5.66. The lowest BCUT2D eigenvalue weighted by Crippen LogP contribution is -2.35. The van der Waals surface area contributed by atoms with Crippen molar-refractivity contribution in [1.82, 2.24) is 0 Å². The van der Waals surface area contributed by atoms with Gasteiger partial charge in [-0.25, -0.2) is 0 Å². The fourth-order valence-corrected chi connectivity index (χ4v) is 2.57. The highest BCUT2D eigenvalue weighted by atomic mass is 16.6. The smallest absolute Gasteiger partial charge is 0.303 e. The quantitative estimate of drug-likeness (QED) is 0.589. The summed E-state index contributed by atoms with van der Waals surface area (Å²) in [7, 11) is 0. The summed E-state index contributed by atoms with van der Waals surface area (Å²) in [5, 5.41) is 9.65. The summed E-state index contributed by atoms with van der Waals surface area (Å²) >= 11 is 0. The first-order chi connectivity index (χ1) is 5.68. The van der Waals surface area contributed by atoms with Crippen LogP contribution in [0, 0.1) is 11.8 Å². The Kier molecular flexibility index (Phi) is 1.83. The molecule has 0 aromatic carbocycles. The first kappa shape index (κ1) is 8.05. The Balaban J connectivity index is 2.02. The van der Waals surface area contributed by atoms with Crippen LogP contribution in [0.15, 0.2) is 0 Å². The van der Waals surface area contributed by atoms with Gasteiger partial charge in [0.05, 0.1) is 6.10 Å². The Morgan fingerprint density at radius 3 is 2.58 bits per heavy atom. The first-order valence-corrected chi connectivity index (χ1v) is 4.54. The van der Waals surface area contributed by atoms with Crippen LogP contribution in [0.2, 0.25) is 0 Å². The van der Waals surface area contributed by atoms with Crippen molar-refractivity contribution < 1.29 is 14.6 Å². The van der Waals surface area contributed by atoms with Crippen molar-refractivity contribution in [3.05, 3.63) is 0 Å². The van der Waals surface area contributed by atoms with E-state index in [0.29, 0.717) is 11.8 Å². The fourth-order valence-electron chi connectivity index (χ4n) is 2.57. The molecule has 4 atom stereocenters. The summed E-state index contributed by atoms with van der Waals surface area (Å²) in [5.41, 5.74) is 0. The number of carbonyl (C=O) groups is 1. The maximum absolute atomic E-state index is 10.7. The van der Waals surface area contributed by atoms with E-state index in [-0.39, 0.29) is 12.1 Å². The van der Waals surface area contributed by atoms with Gasteiger partial charge in [-0.2, -0.15) is 0 Å². The predicted molar refractivity (Wildman–Crippen MR) is 42.4 cm³/mol. The predicted octanol–water partition coefficient (Wildman–Crippen LogP) is 0.709. The number of fused-ring (bicyclic) bond motifs is 2. The third-order valence-electron chi connectivity index (χ3n) is 3.10. The largest absolute Gasteiger partial charge is 0.459 e. The van der Waals surface area contributed by atoms with Crippen LogP contribution in [0.3, 0.4) is 0 Å². The van der Waals surface area contributed by atoms with E-state index >= 15 is 0 Å². The van der Waals surface area contributed by atoms with Crippen molar-refractivity contribution in [3.63, 3.8) is 0 Å². The Hall–Kier alpha value is -0.570. The molecule has 0 radical (unpaired) electrons. The third-order valence-corrected chi connectivity index (χ3v) is 3.10. The number of aliphatic hydroxyl groups is 1. The number of hydrogen-bond acceptors (Lipinski definition) is 3. The van der Waals surface area contributed by atoms with Crippen molar-refractivity contribution in [2.24, 2.45) is 11.8 Å². The molecule has 12 heavy (non-hydrogen) atoms. The van der Waals surface area contributed by atoms with Crippen LogP contribution in [0.25, 0.3) is 0 Å². The minimum Gasteiger partial charge on any atom is -0.459 e. The SMILES string of the molecule is CC(=O)OC1C2CCC(C2)C1O. The lowest BCUT2D eigenvalue weighted by atomic mass is 9.95. The van der Waals surface area contributed by atoms with Gasteiger partial charge in [0.25, 0.3) is 0 Å². The lowest BCUT2D eigenvalue weighted by molar-refractivity contribution is -0.155. The lowest BCUT2D eigenvalue weighted by Gasteiger charge is -2.26. The van der Waals surface area contributed by atoms with Gasteiger partial charge < -0.3 is 9.84 Å². The molecule has 2 saturated carbocycles. The van der Waals surface area contributed by atoms with Gasteiger partial charge >= 0.3 is 5.97 Å². The fraction of sp³-hybridized carbons (Fsp3) is 0.889. The number of esters is 1. The van der Waals surface area contributed by atoms with Crippen LogP contribution < -0.4 is 0 Å². The van der Waals surface area contributed by atoms with Crippen LogP contribution >= 0.6 is 0 Å². The number of hydrogen-bond donors (Lipinski definition) is 1. The second kappa shape index (κ2) is 2.73. The van der Waals surface area contributed by atoms with Crippen molar-refractivity contribution in [1.29, 1.82) is 0 Å². The Morgan fingerprint density at radius 1 is 1.42 bits per heavy atom. The Labute approximate surface area is 71.7 Å². The van der Waals surface area contributed by atoms with Gasteiger partial charge in [-0.3, -0.25) is 4.79 Å². The molecule has 3 heteroatoms. The highest BCUT2D eigenvalue weighted by Crippen LogP contribution is 2.45. The maximum atomic E-state index is 10.7. The zero-order valence-electron chi connectivity index (χ0n) is 7.19. The van der Waals surface area contributed by atoms with Gasteiger partial charge in [-0.05, 0) is 31.1 Å². The molecule has 4 unspecified atom stereocenters. The molecule has 0 aliphatic heterocycles. The van der Waals surface area contributed by atoms with Crippen LogP contribution in [0.5, 0.6) is 0 Å². The van der Waals surface area contributed by atoms with Crippen molar-refractivity contribution in [2.45, 2.75) is 38.4 Å². The average molecular weight is 170 g/mol. The number of ether oxygens (including phenoxy) is 1.